The van der Waals surface area contributed by atoms with E-state index in [1.807, 2.05) is 12.1 Å². The van der Waals surface area contributed by atoms with E-state index in [1.54, 1.807) is 24.7 Å². The Morgan fingerprint density at radius 1 is 1.09 bits per heavy atom. The lowest BCUT2D eigenvalue weighted by Crippen LogP contribution is -2.35. The summed E-state index contributed by atoms with van der Waals surface area (Å²) in [5, 5.41) is 25.5. The van der Waals surface area contributed by atoms with E-state index < -0.39 is 17.8 Å². The lowest BCUT2D eigenvalue weighted by Gasteiger charge is -2.13. The third-order valence-corrected chi connectivity index (χ3v) is 4.09. The second-order valence-electron chi connectivity index (χ2n) is 6.41. The van der Waals surface area contributed by atoms with Crippen molar-refractivity contribution in [3.05, 3.63) is 72.7 Å². The van der Waals surface area contributed by atoms with Crippen molar-refractivity contribution >= 4 is 17.6 Å². The van der Waals surface area contributed by atoms with Crippen LogP contribution in [0.5, 0.6) is 0 Å². The first-order valence-corrected chi connectivity index (χ1v) is 9.00. The van der Waals surface area contributed by atoms with Gasteiger partial charge >= 0.3 is 12.1 Å². The number of halogens is 3. The number of nitrogens with one attached hydrogen (secondary N) is 1. The summed E-state index contributed by atoms with van der Waals surface area (Å²) >= 11 is 0. The predicted molar refractivity (Wildman–Crippen MR) is 101 cm³/mol. The van der Waals surface area contributed by atoms with Crippen molar-refractivity contribution < 1.29 is 27.5 Å². The third kappa shape index (κ3) is 5.19. The number of rotatable bonds is 5. The Hall–Kier alpha value is -4.42. The number of anilines is 1. The summed E-state index contributed by atoms with van der Waals surface area (Å²) in [6.45, 7) is 0.243. The fourth-order valence-corrected chi connectivity index (χ4v) is 2.62. The van der Waals surface area contributed by atoms with Gasteiger partial charge in [0.2, 0.25) is 11.8 Å². The van der Waals surface area contributed by atoms with E-state index >= 15 is 0 Å². The van der Waals surface area contributed by atoms with Gasteiger partial charge in [0, 0.05) is 23.5 Å². The van der Waals surface area contributed by atoms with E-state index in [0.29, 0.717) is 11.9 Å². The van der Waals surface area contributed by atoms with E-state index in [2.05, 4.69) is 35.7 Å². The highest BCUT2D eigenvalue weighted by Gasteiger charge is 2.31. The number of nitrogens with zero attached hydrogens (tertiary/aromatic N) is 7. The number of aromatic nitrogens is 6. The molecule has 0 spiro atoms. The first-order chi connectivity index (χ1) is 15.4. The lowest BCUT2D eigenvalue weighted by atomic mass is 10.1. The molecule has 4 aromatic rings. The van der Waals surface area contributed by atoms with Crippen molar-refractivity contribution in [2.45, 2.75) is 12.7 Å². The van der Waals surface area contributed by atoms with Gasteiger partial charge in [-0.1, -0.05) is 6.07 Å². The fourth-order valence-electron chi connectivity index (χ4n) is 2.62. The molecule has 0 saturated heterocycles. The van der Waals surface area contributed by atoms with Crippen LogP contribution >= 0.6 is 0 Å². The molecular weight excluding hydrogens is 429 g/mol. The lowest BCUT2D eigenvalue weighted by molar-refractivity contribution is -0.755. The quantitative estimate of drug-likeness (QED) is 0.281. The molecule has 0 aliphatic carbocycles. The summed E-state index contributed by atoms with van der Waals surface area (Å²) in [6.07, 6.45) is 3.38. The molecule has 0 radical (unpaired) electrons. The van der Waals surface area contributed by atoms with E-state index in [-0.39, 0.29) is 18.1 Å². The van der Waals surface area contributed by atoms with Crippen LogP contribution in [-0.4, -0.2) is 31.5 Å². The van der Waals surface area contributed by atoms with Gasteiger partial charge in [-0.05, 0) is 22.9 Å². The molecule has 4 aromatic heterocycles. The maximum atomic E-state index is 12.7. The van der Waals surface area contributed by atoms with Crippen molar-refractivity contribution in [1.29, 1.82) is 0 Å². The summed E-state index contributed by atoms with van der Waals surface area (Å²) in [4.78, 5) is 11.4. The standard InChI is InChI=1S/C19H13F3N8O2/c20-19(21,22)14-5-16(9-23-8-14)27-18(31)28-17-11-30(29-32-17)10-15-2-1-12(6-24-15)13-3-4-25-26-7-13/h1-9,11H,10H2,(H-,27,28,29,31). The first kappa shape index (κ1) is 20.8. The maximum Gasteiger partial charge on any atom is 0.417 e. The molecule has 1 N–H and O–H groups in total. The average Bonchev–Trinajstić information content (AvgIpc) is 3.21. The second kappa shape index (κ2) is 8.75. The molecule has 0 aliphatic heterocycles. The monoisotopic (exact) mass is 442 g/mol. The van der Waals surface area contributed by atoms with Crippen molar-refractivity contribution in [3.63, 3.8) is 0 Å². The Balaban J connectivity index is 1.41. The molecule has 10 nitrogen and oxygen atoms in total. The van der Waals surface area contributed by atoms with Gasteiger partial charge in [0.25, 0.3) is 6.20 Å². The van der Waals surface area contributed by atoms with Crippen LogP contribution in [0.15, 0.2) is 71.0 Å². The van der Waals surface area contributed by atoms with Crippen LogP contribution in [0, 0.1) is 0 Å². The van der Waals surface area contributed by atoms with E-state index in [9.17, 15) is 18.3 Å². The van der Waals surface area contributed by atoms with Crippen LogP contribution in [-0.2, 0) is 12.7 Å². The van der Waals surface area contributed by atoms with Gasteiger partial charge < -0.3 is 10.4 Å². The molecule has 0 unspecified atom stereocenters. The molecule has 4 heterocycles. The number of aliphatic imine (C=N–C) groups is 1. The number of pyridine rings is 2. The maximum absolute atomic E-state index is 12.7. The molecule has 0 bridgehead atoms. The molecule has 0 fully saturated rings. The van der Waals surface area contributed by atoms with E-state index in [0.717, 1.165) is 23.4 Å². The smallest absolute Gasteiger partial charge is 0.417 e. The molecule has 162 valence electrons. The van der Waals surface area contributed by atoms with Crippen LogP contribution in [0.1, 0.15) is 11.3 Å². The van der Waals surface area contributed by atoms with E-state index in [4.69, 9.17) is 4.52 Å². The van der Waals surface area contributed by atoms with Crippen LogP contribution in [0.25, 0.3) is 11.1 Å². The minimum Gasteiger partial charge on any atom is -0.846 e. The fraction of sp³-hybridized carbons (Fsp3) is 0.105. The Labute approximate surface area is 178 Å². The highest BCUT2D eigenvalue weighted by Crippen LogP contribution is 2.29. The number of hydrogen-bond donors (Lipinski definition) is 1. The molecule has 32 heavy (non-hydrogen) atoms. The molecule has 0 aromatic carbocycles. The average molecular weight is 442 g/mol. The SMILES string of the molecule is [O-]C(=Nc1c[n+](Cc2ccc(-c3ccnnc3)cn2)no1)Nc1cncc(C(F)(F)F)c1. The van der Waals surface area contributed by atoms with Gasteiger partial charge in [-0.3, -0.25) is 14.5 Å². The van der Waals surface area contributed by atoms with Gasteiger partial charge in [0.05, 0.1) is 35.9 Å². The summed E-state index contributed by atoms with van der Waals surface area (Å²) in [7, 11) is 0. The Kier molecular flexibility index (Phi) is 5.70. The zero-order valence-electron chi connectivity index (χ0n) is 16.1. The zero-order chi connectivity index (χ0) is 22.6. The summed E-state index contributed by atoms with van der Waals surface area (Å²) in [5.74, 6) is -0.137. The highest BCUT2D eigenvalue weighted by molar-refractivity contribution is 5.86. The largest absolute Gasteiger partial charge is 0.846 e. The Bertz CT molecular complexity index is 1230. The minimum absolute atomic E-state index is 0.137. The molecule has 0 saturated carbocycles. The van der Waals surface area contributed by atoms with Crippen LogP contribution in [0.3, 0.4) is 0 Å². The van der Waals surface area contributed by atoms with Crippen molar-refractivity contribution in [1.82, 2.24) is 25.4 Å². The minimum atomic E-state index is -4.58. The first-order valence-electron chi connectivity index (χ1n) is 9.00. The topological polar surface area (TPSA) is 129 Å². The van der Waals surface area contributed by atoms with Crippen LogP contribution in [0.4, 0.5) is 24.7 Å². The highest BCUT2D eigenvalue weighted by atomic mass is 19.4. The van der Waals surface area contributed by atoms with Gasteiger partial charge in [-0.25, -0.2) is 4.99 Å². The third-order valence-electron chi connectivity index (χ3n) is 4.09. The zero-order valence-corrected chi connectivity index (χ0v) is 16.1. The summed E-state index contributed by atoms with van der Waals surface area (Å²) < 4.78 is 44.5. The van der Waals surface area contributed by atoms with Crippen molar-refractivity contribution in [2.24, 2.45) is 4.99 Å². The summed E-state index contributed by atoms with van der Waals surface area (Å²) in [5.41, 5.74) is 1.25. The molecule has 13 heteroatoms. The molecule has 4 rings (SSSR count). The van der Waals surface area contributed by atoms with Crippen molar-refractivity contribution in [2.75, 3.05) is 5.32 Å². The van der Waals surface area contributed by atoms with E-state index in [1.165, 1.54) is 10.9 Å². The van der Waals surface area contributed by atoms with Crippen molar-refractivity contribution in [3.8, 4) is 11.1 Å². The normalized spacial score (nSPS) is 12.0. The molecule has 0 atom stereocenters. The van der Waals surface area contributed by atoms with Gasteiger partial charge in [0.1, 0.15) is 5.69 Å². The predicted octanol–water partition coefficient (Wildman–Crippen LogP) is 1.74. The molecule has 0 amide bonds. The molecular formula is C19H13F3N8O2. The number of amidine groups is 1. The molecule has 0 aliphatic rings. The Morgan fingerprint density at radius 3 is 2.66 bits per heavy atom. The summed E-state index contributed by atoms with van der Waals surface area (Å²) in [6, 6.07) is 5.27. The second-order valence-corrected chi connectivity index (χ2v) is 6.41. The Morgan fingerprint density at radius 2 is 1.94 bits per heavy atom. The van der Waals surface area contributed by atoms with Gasteiger partial charge in [-0.2, -0.15) is 23.4 Å². The van der Waals surface area contributed by atoms with Crippen LogP contribution in [0.2, 0.25) is 0 Å². The number of hydrogen-bond acceptors (Lipinski definition) is 8. The van der Waals surface area contributed by atoms with Crippen LogP contribution < -0.4 is 15.1 Å². The number of alkyl halides is 3. The van der Waals surface area contributed by atoms with Gasteiger partial charge in [0.15, 0.2) is 0 Å². The van der Waals surface area contributed by atoms with Gasteiger partial charge in [-0.15, -0.1) is 0 Å².